The Morgan fingerprint density at radius 1 is 1.11 bits per heavy atom. The Hall–Kier alpha value is -0.770. The second-order valence-corrected chi connectivity index (χ2v) is 6.79. The molecule has 18 heavy (non-hydrogen) atoms. The van der Waals surface area contributed by atoms with E-state index in [1.165, 1.54) is 25.9 Å². The van der Waals surface area contributed by atoms with E-state index in [-0.39, 0.29) is 11.7 Å². The van der Waals surface area contributed by atoms with Crippen LogP contribution in [-0.4, -0.2) is 54.7 Å². The summed E-state index contributed by atoms with van der Waals surface area (Å²) in [7, 11) is 2.18. The van der Waals surface area contributed by atoms with Crippen molar-refractivity contribution in [1.82, 2.24) is 9.80 Å². The monoisotopic (exact) mass is 254 g/mol. The summed E-state index contributed by atoms with van der Waals surface area (Å²) in [5.74, 6) is 1.51. The van der Waals surface area contributed by atoms with Gasteiger partial charge in [-0.15, -0.1) is 0 Å². The summed E-state index contributed by atoms with van der Waals surface area (Å²) in [4.78, 5) is 16.0. The van der Waals surface area contributed by atoms with Crippen molar-refractivity contribution in [1.29, 1.82) is 0 Å². The van der Waals surface area contributed by atoms with Crippen LogP contribution in [0.3, 0.4) is 0 Å². The van der Waals surface area contributed by atoms with E-state index < -0.39 is 0 Å². The maximum atomic E-state index is 11.8. The van der Waals surface area contributed by atoms with Crippen LogP contribution in [0.2, 0.25) is 0 Å². The van der Waals surface area contributed by atoms with Crippen LogP contribution in [0.4, 0.5) is 4.79 Å². The van der Waals surface area contributed by atoms with Gasteiger partial charge < -0.3 is 14.5 Å². The Balaban J connectivity index is 1.72. The van der Waals surface area contributed by atoms with Gasteiger partial charge in [0, 0.05) is 13.1 Å². The summed E-state index contributed by atoms with van der Waals surface area (Å²) >= 11 is 0. The number of hydrogen-bond donors (Lipinski definition) is 0. The first kappa shape index (κ1) is 13.7. The molecule has 0 radical (unpaired) electrons. The standard InChI is InChI=1S/C14H26N2O2/c1-14(2,3)18-13(17)16-9-12(10-16)11-5-7-15(4)8-6-11/h11-12H,5-10H2,1-4H3. The van der Waals surface area contributed by atoms with Gasteiger partial charge in [-0.05, 0) is 65.6 Å². The largest absolute Gasteiger partial charge is 0.444 e. The van der Waals surface area contributed by atoms with Gasteiger partial charge in [0.15, 0.2) is 0 Å². The van der Waals surface area contributed by atoms with Crippen molar-refractivity contribution in [3.63, 3.8) is 0 Å². The second-order valence-electron chi connectivity index (χ2n) is 6.79. The predicted octanol–water partition coefficient (Wildman–Crippen LogP) is 2.20. The fourth-order valence-electron chi connectivity index (χ4n) is 2.79. The zero-order valence-electron chi connectivity index (χ0n) is 12.1. The third-order valence-electron chi connectivity index (χ3n) is 3.99. The van der Waals surface area contributed by atoms with E-state index in [0.29, 0.717) is 5.92 Å². The SMILES string of the molecule is CN1CCC(C2CN(C(=O)OC(C)(C)C)C2)CC1. The lowest BCUT2D eigenvalue weighted by molar-refractivity contribution is -0.0169. The van der Waals surface area contributed by atoms with Crippen LogP contribution in [0.1, 0.15) is 33.6 Å². The van der Waals surface area contributed by atoms with Gasteiger partial charge in [0.1, 0.15) is 5.60 Å². The second kappa shape index (κ2) is 5.08. The van der Waals surface area contributed by atoms with Gasteiger partial charge in [-0.25, -0.2) is 4.79 Å². The molecule has 2 heterocycles. The van der Waals surface area contributed by atoms with Crippen LogP contribution < -0.4 is 0 Å². The zero-order valence-corrected chi connectivity index (χ0v) is 12.1. The molecule has 0 aromatic rings. The molecule has 0 saturated carbocycles. The van der Waals surface area contributed by atoms with Gasteiger partial charge in [-0.3, -0.25) is 0 Å². The molecule has 0 aromatic carbocycles. The molecule has 0 N–H and O–H groups in total. The van der Waals surface area contributed by atoms with E-state index in [1.807, 2.05) is 25.7 Å². The topological polar surface area (TPSA) is 32.8 Å². The molecule has 2 aliphatic rings. The Bertz CT molecular complexity index is 297. The first-order valence-electron chi connectivity index (χ1n) is 7.01. The molecule has 2 aliphatic heterocycles. The number of ether oxygens (including phenoxy) is 1. The average molecular weight is 254 g/mol. The molecule has 2 rings (SSSR count). The van der Waals surface area contributed by atoms with Crippen LogP contribution in [-0.2, 0) is 4.74 Å². The molecule has 0 aliphatic carbocycles. The summed E-state index contributed by atoms with van der Waals surface area (Å²) in [6.07, 6.45) is 2.42. The maximum Gasteiger partial charge on any atom is 0.410 e. The molecule has 104 valence electrons. The van der Waals surface area contributed by atoms with E-state index >= 15 is 0 Å². The summed E-state index contributed by atoms with van der Waals surface area (Å²) < 4.78 is 5.37. The van der Waals surface area contributed by atoms with Gasteiger partial charge in [0.05, 0.1) is 0 Å². The van der Waals surface area contributed by atoms with Crippen molar-refractivity contribution in [3.8, 4) is 0 Å². The van der Waals surface area contributed by atoms with Gasteiger partial charge in [0.2, 0.25) is 0 Å². The number of likely N-dealkylation sites (tertiary alicyclic amines) is 2. The normalized spacial score (nSPS) is 23.9. The third kappa shape index (κ3) is 3.37. The van der Waals surface area contributed by atoms with Gasteiger partial charge >= 0.3 is 6.09 Å². The minimum atomic E-state index is -0.379. The van der Waals surface area contributed by atoms with Crippen LogP contribution >= 0.6 is 0 Å². The smallest absolute Gasteiger partial charge is 0.410 e. The van der Waals surface area contributed by atoms with Gasteiger partial charge in [-0.1, -0.05) is 0 Å². The minimum absolute atomic E-state index is 0.147. The number of rotatable bonds is 1. The molecule has 0 bridgehead atoms. The Kier molecular flexibility index (Phi) is 3.85. The van der Waals surface area contributed by atoms with E-state index in [9.17, 15) is 4.79 Å². The van der Waals surface area contributed by atoms with Gasteiger partial charge in [0.25, 0.3) is 0 Å². The first-order chi connectivity index (χ1) is 8.35. The summed E-state index contributed by atoms with van der Waals surface area (Å²) in [6, 6.07) is 0. The molecule has 0 unspecified atom stereocenters. The fraction of sp³-hybridized carbons (Fsp3) is 0.929. The molecule has 0 atom stereocenters. The number of nitrogens with zero attached hydrogens (tertiary/aromatic N) is 2. The molecule has 2 saturated heterocycles. The average Bonchev–Trinajstić information content (AvgIpc) is 2.15. The van der Waals surface area contributed by atoms with Crippen LogP contribution in [0.15, 0.2) is 0 Å². The number of piperidine rings is 1. The van der Waals surface area contributed by atoms with E-state index in [2.05, 4.69) is 11.9 Å². The molecule has 1 amide bonds. The van der Waals surface area contributed by atoms with Gasteiger partial charge in [-0.2, -0.15) is 0 Å². The van der Waals surface area contributed by atoms with Crippen molar-refractivity contribution < 1.29 is 9.53 Å². The third-order valence-corrected chi connectivity index (χ3v) is 3.99. The van der Waals surface area contributed by atoms with Crippen molar-refractivity contribution in [2.45, 2.75) is 39.2 Å². The quantitative estimate of drug-likeness (QED) is 0.719. The maximum absolute atomic E-state index is 11.8. The summed E-state index contributed by atoms with van der Waals surface area (Å²) in [5.41, 5.74) is -0.379. The Morgan fingerprint density at radius 3 is 2.17 bits per heavy atom. The summed E-state index contributed by atoms with van der Waals surface area (Å²) in [6.45, 7) is 9.94. The molecule has 0 aromatic heterocycles. The van der Waals surface area contributed by atoms with Crippen molar-refractivity contribution in [2.75, 3.05) is 33.2 Å². The van der Waals surface area contributed by atoms with Crippen molar-refractivity contribution in [3.05, 3.63) is 0 Å². The molecule has 0 spiro atoms. The molecular formula is C14H26N2O2. The van der Waals surface area contributed by atoms with E-state index in [4.69, 9.17) is 4.74 Å². The lowest BCUT2D eigenvalue weighted by Gasteiger charge is -2.45. The lowest BCUT2D eigenvalue weighted by atomic mass is 9.80. The lowest BCUT2D eigenvalue weighted by Crippen LogP contribution is -2.55. The molecule has 4 nitrogen and oxygen atoms in total. The zero-order chi connectivity index (χ0) is 13.3. The van der Waals surface area contributed by atoms with Crippen molar-refractivity contribution in [2.24, 2.45) is 11.8 Å². The van der Waals surface area contributed by atoms with E-state index in [1.54, 1.807) is 0 Å². The highest BCUT2D eigenvalue weighted by Gasteiger charge is 2.38. The Labute approximate surface area is 110 Å². The van der Waals surface area contributed by atoms with Crippen LogP contribution in [0, 0.1) is 11.8 Å². The fourth-order valence-corrected chi connectivity index (χ4v) is 2.79. The number of amides is 1. The number of hydrogen-bond acceptors (Lipinski definition) is 3. The highest BCUT2D eigenvalue weighted by molar-refractivity contribution is 5.69. The first-order valence-corrected chi connectivity index (χ1v) is 7.01. The minimum Gasteiger partial charge on any atom is -0.444 e. The molecule has 2 fully saturated rings. The number of carbonyl (C=O) groups excluding carboxylic acids is 1. The predicted molar refractivity (Wildman–Crippen MR) is 71.5 cm³/mol. The highest BCUT2D eigenvalue weighted by Crippen LogP contribution is 2.32. The van der Waals surface area contributed by atoms with Crippen LogP contribution in [0.25, 0.3) is 0 Å². The summed E-state index contributed by atoms with van der Waals surface area (Å²) in [5, 5.41) is 0. The van der Waals surface area contributed by atoms with Crippen LogP contribution in [0.5, 0.6) is 0 Å². The Morgan fingerprint density at radius 2 is 1.67 bits per heavy atom. The molecular weight excluding hydrogens is 228 g/mol. The van der Waals surface area contributed by atoms with Crippen molar-refractivity contribution >= 4 is 6.09 Å². The molecule has 4 heteroatoms. The van der Waals surface area contributed by atoms with E-state index in [0.717, 1.165) is 19.0 Å². The number of carbonyl (C=O) groups is 1. The highest BCUT2D eigenvalue weighted by atomic mass is 16.6.